The van der Waals surface area contributed by atoms with Crippen molar-refractivity contribution < 1.29 is 0 Å². The van der Waals surface area contributed by atoms with Crippen LogP contribution in [0.2, 0.25) is 0 Å². The number of rotatable bonds is 3. The normalized spacial score (nSPS) is 11.2. The van der Waals surface area contributed by atoms with Crippen LogP contribution in [-0.2, 0) is 13.6 Å². The van der Waals surface area contributed by atoms with Gasteiger partial charge in [-0.3, -0.25) is 14.0 Å². The molecule has 0 fully saturated rings. The van der Waals surface area contributed by atoms with Gasteiger partial charge in [0.15, 0.2) is 0 Å². The summed E-state index contributed by atoms with van der Waals surface area (Å²) < 4.78 is 3.33. The number of nitrogens with zero attached hydrogens (tertiary/aromatic N) is 5. The molecule has 114 valence electrons. The highest BCUT2D eigenvalue weighted by Crippen LogP contribution is 2.23. The lowest BCUT2D eigenvalue weighted by atomic mass is 10.2. The van der Waals surface area contributed by atoms with Crippen LogP contribution >= 0.6 is 11.3 Å². The van der Waals surface area contributed by atoms with Crippen molar-refractivity contribution in [2.75, 3.05) is 0 Å². The van der Waals surface area contributed by atoms with Gasteiger partial charge in [-0.25, -0.2) is 9.97 Å². The zero-order valence-electron chi connectivity index (χ0n) is 12.4. The molecule has 6 nitrogen and oxygen atoms in total. The van der Waals surface area contributed by atoms with Crippen molar-refractivity contribution in [1.82, 2.24) is 24.3 Å². The van der Waals surface area contributed by atoms with Crippen molar-refractivity contribution in [3.8, 4) is 10.6 Å². The fraction of sp³-hybridized carbons (Fsp3) is 0.125. The van der Waals surface area contributed by atoms with Gasteiger partial charge in [-0.1, -0.05) is 12.1 Å². The third-order valence-corrected chi connectivity index (χ3v) is 4.51. The van der Waals surface area contributed by atoms with Crippen LogP contribution < -0.4 is 5.56 Å². The van der Waals surface area contributed by atoms with E-state index in [1.807, 2.05) is 36.8 Å². The molecule has 0 aliphatic rings. The average molecular weight is 323 g/mol. The van der Waals surface area contributed by atoms with E-state index in [1.54, 1.807) is 39.2 Å². The Bertz CT molecular complexity index is 1050. The summed E-state index contributed by atoms with van der Waals surface area (Å²) in [7, 11) is 1.87. The first-order valence-electron chi connectivity index (χ1n) is 7.08. The zero-order valence-corrected chi connectivity index (χ0v) is 13.2. The maximum Gasteiger partial charge on any atom is 0.261 e. The van der Waals surface area contributed by atoms with Crippen molar-refractivity contribution in [3.05, 3.63) is 64.4 Å². The number of fused-ring (bicyclic) bond motifs is 1. The lowest BCUT2D eigenvalue weighted by Gasteiger charge is -2.04. The number of hydrogen-bond donors (Lipinski definition) is 0. The summed E-state index contributed by atoms with van der Waals surface area (Å²) in [6.45, 7) is 0.410. The molecule has 0 saturated carbocycles. The van der Waals surface area contributed by atoms with Gasteiger partial charge in [0.1, 0.15) is 5.01 Å². The van der Waals surface area contributed by atoms with E-state index in [9.17, 15) is 4.79 Å². The Morgan fingerprint density at radius 1 is 1.26 bits per heavy atom. The van der Waals surface area contributed by atoms with E-state index < -0.39 is 0 Å². The summed E-state index contributed by atoms with van der Waals surface area (Å²) in [6.07, 6.45) is 5.28. The first kappa shape index (κ1) is 13.8. The van der Waals surface area contributed by atoms with Gasteiger partial charge >= 0.3 is 0 Å². The highest BCUT2D eigenvalue weighted by Gasteiger charge is 2.09. The lowest BCUT2D eigenvalue weighted by molar-refractivity contribution is 0.734. The van der Waals surface area contributed by atoms with Crippen LogP contribution in [0, 0.1) is 0 Å². The highest BCUT2D eigenvalue weighted by atomic mass is 32.1. The van der Waals surface area contributed by atoms with E-state index in [0.29, 0.717) is 17.4 Å². The Kier molecular flexibility index (Phi) is 3.27. The number of aryl methyl sites for hydroxylation is 1. The molecular formula is C16H13N5OS. The van der Waals surface area contributed by atoms with E-state index >= 15 is 0 Å². The van der Waals surface area contributed by atoms with Gasteiger partial charge in [-0.05, 0) is 12.1 Å². The van der Waals surface area contributed by atoms with Crippen LogP contribution in [0.4, 0.5) is 0 Å². The first-order valence-corrected chi connectivity index (χ1v) is 7.96. The standard InChI is InChI=1S/C16H13N5OS/c1-20-7-11(6-18-20)15-19-12(9-23-15)8-21-10-17-14-5-3-2-4-13(14)16(21)22/h2-7,9-10H,8H2,1H3. The van der Waals surface area contributed by atoms with Gasteiger partial charge in [0.05, 0.1) is 35.7 Å². The minimum Gasteiger partial charge on any atom is -0.293 e. The van der Waals surface area contributed by atoms with Crippen LogP contribution in [0.5, 0.6) is 0 Å². The van der Waals surface area contributed by atoms with Crippen molar-refractivity contribution in [1.29, 1.82) is 0 Å². The van der Waals surface area contributed by atoms with E-state index in [-0.39, 0.29) is 5.56 Å². The molecule has 0 N–H and O–H groups in total. The van der Waals surface area contributed by atoms with Gasteiger partial charge < -0.3 is 0 Å². The monoisotopic (exact) mass is 323 g/mol. The summed E-state index contributed by atoms with van der Waals surface area (Å²) in [5, 5.41) is 7.64. The number of hydrogen-bond acceptors (Lipinski definition) is 5. The fourth-order valence-corrected chi connectivity index (χ4v) is 3.22. The molecule has 23 heavy (non-hydrogen) atoms. The summed E-state index contributed by atoms with van der Waals surface area (Å²) in [5.41, 5.74) is 2.48. The number of para-hydroxylation sites is 1. The smallest absolute Gasteiger partial charge is 0.261 e. The molecule has 3 heterocycles. The second-order valence-corrected chi connectivity index (χ2v) is 6.10. The number of benzene rings is 1. The van der Waals surface area contributed by atoms with Crippen molar-refractivity contribution in [2.24, 2.45) is 7.05 Å². The molecule has 4 rings (SSSR count). The second-order valence-electron chi connectivity index (χ2n) is 5.24. The Morgan fingerprint density at radius 3 is 2.96 bits per heavy atom. The van der Waals surface area contributed by atoms with E-state index in [0.717, 1.165) is 16.3 Å². The molecule has 0 radical (unpaired) electrons. The minimum atomic E-state index is -0.0495. The molecule has 0 unspecified atom stereocenters. The molecule has 3 aromatic heterocycles. The van der Waals surface area contributed by atoms with Gasteiger partial charge in [-0.15, -0.1) is 11.3 Å². The van der Waals surface area contributed by atoms with Crippen LogP contribution in [0.15, 0.2) is 53.2 Å². The molecule has 0 saturated heterocycles. The van der Waals surface area contributed by atoms with Crippen molar-refractivity contribution >= 4 is 22.2 Å². The molecule has 7 heteroatoms. The van der Waals surface area contributed by atoms with Crippen LogP contribution in [0.25, 0.3) is 21.5 Å². The minimum absolute atomic E-state index is 0.0495. The Morgan fingerprint density at radius 2 is 2.13 bits per heavy atom. The summed E-state index contributed by atoms with van der Waals surface area (Å²) >= 11 is 1.54. The summed E-state index contributed by atoms with van der Waals surface area (Å²) in [4.78, 5) is 21.4. The molecule has 4 aromatic rings. The quantitative estimate of drug-likeness (QED) is 0.580. The maximum absolute atomic E-state index is 12.5. The second kappa shape index (κ2) is 5.44. The molecular weight excluding hydrogens is 310 g/mol. The lowest BCUT2D eigenvalue weighted by Crippen LogP contribution is -2.21. The first-order chi connectivity index (χ1) is 11.2. The Hall–Kier alpha value is -2.80. The molecule has 0 bridgehead atoms. The average Bonchev–Trinajstić information content (AvgIpc) is 3.19. The third kappa shape index (κ3) is 2.55. The van der Waals surface area contributed by atoms with Crippen molar-refractivity contribution in [2.45, 2.75) is 6.54 Å². The molecule has 0 aliphatic heterocycles. The molecule has 0 amide bonds. The highest BCUT2D eigenvalue weighted by molar-refractivity contribution is 7.13. The van der Waals surface area contributed by atoms with Gasteiger partial charge in [0.25, 0.3) is 5.56 Å². The SMILES string of the molecule is Cn1cc(-c2nc(Cn3cnc4ccccc4c3=O)cs2)cn1. The van der Waals surface area contributed by atoms with E-state index in [1.165, 1.54) is 0 Å². The fourth-order valence-electron chi connectivity index (χ4n) is 2.44. The van der Waals surface area contributed by atoms with Crippen molar-refractivity contribution in [3.63, 3.8) is 0 Å². The van der Waals surface area contributed by atoms with Gasteiger partial charge in [-0.2, -0.15) is 5.10 Å². The third-order valence-electron chi connectivity index (χ3n) is 3.57. The number of thiazole rings is 1. The molecule has 1 aromatic carbocycles. The largest absolute Gasteiger partial charge is 0.293 e. The van der Waals surface area contributed by atoms with Crippen LogP contribution in [-0.4, -0.2) is 24.3 Å². The van der Waals surface area contributed by atoms with Crippen LogP contribution in [0.3, 0.4) is 0 Å². The zero-order chi connectivity index (χ0) is 15.8. The molecule has 0 aliphatic carbocycles. The predicted molar refractivity (Wildman–Crippen MR) is 89.4 cm³/mol. The van der Waals surface area contributed by atoms with E-state index in [4.69, 9.17) is 0 Å². The maximum atomic E-state index is 12.5. The van der Waals surface area contributed by atoms with E-state index in [2.05, 4.69) is 15.1 Å². The topological polar surface area (TPSA) is 65.6 Å². The van der Waals surface area contributed by atoms with Gasteiger partial charge in [0, 0.05) is 24.2 Å². The summed E-state index contributed by atoms with van der Waals surface area (Å²) in [5.74, 6) is 0. The van der Waals surface area contributed by atoms with Gasteiger partial charge in [0.2, 0.25) is 0 Å². The molecule has 0 atom stereocenters. The Balaban J connectivity index is 1.67. The molecule has 0 spiro atoms. The predicted octanol–water partition coefficient (Wildman–Crippen LogP) is 2.30. The van der Waals surface area contributed by atoms with Crippen LogP contribution in [0.1, 0.15) is 5.69 Å². The number of aromatic nitrogens is 5. The Labute approximate surface area is 135 Å². The summed E-state index contributed by atoms with van der Waals surface area (Å²) in [6, 6.07) is 7.35.